The fourth-order valence-electron chi connectivity index (χ4n) is 2.81. The van der Waals surface area contributed by atoms with Gasteiger partial charge in [0.15, 0.2) is 5.17 Å². The van der Waals surface area contributed by atoms with Gasteiger partial charge in [-0.15, -0.1) is 0 Å². The van der Waals surface area contributed by atoms with Crippen LogP contribution in [0.25, 0.3) is 0 Å². The Kier molecular flexibility index (Phi) is 5.08. The molecule has 1 amide bonds. The fraction of sp³-hybridized carbons (Fsp3) is 0.263. The molecule has 0 aliphatic carbocycles. The van der Waals surface area contributed by atoms with E-state index < -0.39 is 0 Å². The molecule has 4 nitrogen and oxygen atoms in total. The van der Waals surface area contributed by atoms with Gasteiger partial charge in [-0.25, -0.2) is 4.39 Å². The second kappa shape index (κ2) is 7.27. The smallest absolute Gasteiger partial charge is 0.251 e. The SMILES string of the molecule is CC1(c2ccc(C(=O)NCc3cccc(F)c3)cc2)CCSC(N)=N1. The van der Waals surface area contributed by atoms with Gasteiger partial charge in [0, 0.05) is 17.9 Å². The van der Waals surface area contributed by atoms with Crippen LogP contribution in [0, 0.1) is 5.82 Å². The summed E-state index contributed by atoms with van der Waals surface area (Å²) in [6.45, 7) is 2.34. The number of hydrogen-bond acceptors (Lipinski definition) is 4. The molecule has 0 aromatic heterocycles. The number of halogens is 1. The first kappa shape index (κ1) is 17.5. The number of carbonyl (C=O) groups excluding carboxylic acids is 1. The average Bonchev–Trinajstić information content (AvgIpc) is 2.60. The average molecular weight is 357 g/mol. The minimum absolute atomic E-state index is 0.192. The standard InChI is InChI=1S/C19H20FN3OS/c1-19(9-10-25-18(21)23-19)15-7-5-14(6-8-15)17(24)22-12-13-3-2-4-16(20)11-13/h2-8,11H,9-10,12H2,1H3,(H2,21,23)(H,22,24). The number of rotatable bonds is 4. The summed E-state index contributed by atoms with van der Waals surface area (Å²) in [4.78, 5) is 16.8. The number of amidine groups is 1. The van der Waals surface area contributed by atoms with Crippen molar-refractivity contribution in [1.29, 1.82) is 0 Å². The molecular formula is C19H20FN3OS. The van der Waals surface area contributed by atoms with Crippen molar-refractivity contribution >= 4 is 22.8 Å². The highest BCUT2D eigenvalue weighted by molar-refractivity contribution is 8.13. The molecule has 0 spiro atoms. The number of aliphatic imine (C=N–C) groups is 1. The molecule has 2 aromatic carbocycles. The van der Waals surface area contributed by atoms with E-state index in [0.29, 0.717) is 10.7 Å². The van der Waals surface area contributed by atoms with Crippen molar-refractivity contribution in [2.45, 2.75) is 25.4 Å². The van der Waals surface area contributed by atoms with E-state index in [9.17, 15) is 9.18 Å². The first-order valence-corrected chi connectivity index (χ1v) is 9.06. The van der Waals surface area contributed by atoms with Crippen molar-refractivity contribution in [3.05, 3.63) is 71.0 Å². The summed E-state index contributed by atoms with van der Waals surface area (Å²) < 4.78 is 13.2. The maximum absolute atomic E-state index is 13.2. The van der Waals surface area contributed by atoms with Crippen LogP contribution in [0.15, 0.2) is 53.5 Å². The van der Waals surface area contributed by atoms with Crippen molar-refractivity contribution in [3.8, 4) is 0 Å². The molecule has 0 saturated carbocycles. The number of carbonyl (C=O) groups is 1. The minimum Gasteiger partial charge on any atom is -0.379 e. The van der Waals surface area contributed by atoms with Crippen molar-refractivity contribution < 1.29 is 9.18 Å². The number of nitrogens with zero attached hydrogens (tertiary/aromatic N) is 1. The van der Waals surface area contributed by atoms with Gasteiger partial charge in [-0.2, -0.15) is 0 Å². The molecule has 25 heavy (non-hydrogen) atoms. The fourth-order valence-corrected chi connectivity index (χ4v) is 3.78. The van der Waals surface area contributed by atoms with Crippen LogP contribution in [0.5, 0.6) is 0 Å². The number of benzene rings is 2. The molecular weight excluding hydrogens is 337 g/mol. The topological polar surface area (TPSA) is 67.5 Å². The number of hydrogen-bond donors (Lipinski definition) is 2. The summed E-state index contributed by atoms with van der Waals surface area (Å²) >= 11 is 1.57. The Labute approximate surface area is 150 Å². The zero-order chi connectivity index (χ0) is 17.9. The number of nitrogens with two attached hydrogens (primary N) is 1. The lowest BCUT2D eigenvalue weighted by Gasteiger charge is -2.29. The van der Waals surface area contributed by atoms with E-state index in [1.807, 2.05) is 12.1 Å². The maximum Gasteiger partial charge on any atom is 0.251 e. The van der Waals surface area contributed by atoms with Gasteiger partial charge in [0.1, 0.15) is 5.82 Å². The Hall–Kier alpha value is -2.34. The lowest BCUT2D eigenvalue weighted by atomic mass is 9.89. The molecule has 2 aromatic rings. The monoisotopic (exact) mass is 357 g/mol. The summed E-state index contributed by atoms with van der Waals surface area (Å²) in [6.07, 6.45) is 0.906. The van der Waals surface area contributed by atoms with E-state index in [1.165, 1.54) is 12.1 Å². The van der Waals surface area contributed by atoms with Crippen LogP contribution in [0.4, 0.5) is 4.39 Å². The second-order valence-electron chi connectivity index (χ2n) is 6.21. The molecule has 1 aliphatic rings. The van der Waals surface area contributed by atoms with Gasteiger partial charge >= 0.3 is 0 Å². The summed E-state index contributed by atoms with van der Waals surface area (Å²) in [5.41, 5.74) is 7.84. The molecule has 3 rings (SSSR count). The van der Waals surface area contributed by atoms with Crippen LogP contribution in [-0.4, -0.2) is 16.8 Å². The first-order valence-electron chi connectivity index (χ1n) is 8.08. The van der Waals surface area contributed by atoms with Gasteiger partial charge in [0.25, 0.3) is 5.91 Å². The number of thioether (sulfide) groups is 1. The molecule has 0 saturated heterocycles. The van der Waals surface area contributed by atoms with Gasteiger partial charge in [-0.3, -0.25) is 9.79 Å². The normalized spacial score (nSPS) is 20.0. The van der Waals surface area contributed by atoms with Gasteiger partial charge in [-0.05, 0) is 48.7 Å². The molecule has 3 N–H and O–H groups in total. The molecule has 0 fully saturated rings. The molecule has 0 bridgehead atoms. The lowest BCUT2D eigenvalue weighted by molar-refractivity contribution is 0.0951. The zero-order valence-electron chi connectivity index (χ0n) is 14.0. The maximum atomic E-state index is 13.2. The Morgan fingerprint density at radius 2 is 2.08 bits per heavy atom. The van der Waals surface area contributed by atoms with E-state index in [-0.39, 0.29) is 23.8 Å². The van der Waals surface area contributed by atoms with Crippen molar-refractivity contribution in [2.75, 3.05) is 5.75 Å². The third-order valence-electron chi connectivity index (χ3n) is 4.31. The minimum atomic E-state index is -0.341. The zero-order valence-corrected chi connectivity index (χ0v) is 14.8. The van der Waals surface area contributed by atoms with Gasteiger partial charge in [0.2, 0.25) is 0 Å². The molecule has 6 heteroatoms. The van der Waals surface area contributed by atoms with Crippen LogP contribution < -0.4 is 11.1 Å². The van der Waals surface area contributed by atoms with Crippen molar-refractivity contribution in [1.82, 2.24) is 5.32 Å². The molecule has 0 radical (unpaired) electrons. The summed E-state index contributed by atoms with van der Waals surface area (Å²) in [5, 5.41) is 3.40. The summed E-state index contributed by atoms with van der Waals surface area (Å²) in [6, 6.07) is 13.6. The van der Waals surface area contributed by atoms with Gasteiger partial charge in [-0.1, -0.05) is 36.0 Å². The predicted octanol–water partition coefficient (Wildman–Crippen LogP) is 3.42. The second-order valence-corrected chi connectivity index (χ2v) is 7.33. The van der Waals surface area contributed by atoms with Crippen LogP contribution in [0.3, 0.4) is 0 Å². The lowest BCUT2D eigenvalue weighted by Crippen LogP contribution is -2.29. The molecule has 1 heterocycles. The number of nitrogens with one attached hydrogen (secondary N) is 1. The first-order chi connectivity index (χ1) is 12.0. The van der Waals surface area contributed by atoms with E-state index in [1.54, 1.807) is 36.0 Å². The molecule has 1 unspecified atom stereocenters. The van der Waals surface area contributed by atoms with E-state index >= 15 is 0 Å². The third kappa shape index (κ3) is 4.20. The van der Waals surface area contributed by atoms with Crippen LogP contribution >= 0.6 is 11.8 Å². The summed E-state index contributed by atoms with van der Waals surface area (Å²) in [7, 11) is 0. The third-order valence-corrected chi connectivity index (χ3v) is 5.10. The molecule has 1 aliphatic heterocycles. The molecule has 130 valence electrons. The highest BCUT2D eigenvalue weighted by Crippen LogP contribution is 2.34. The van der Waals surface area contributed by atoms with E-state index in [0.717, 1.165) is 23.3 Å². The Bertz CT molecular complexity index is 807. The van der Waals surface area contributed by atoms with Crippen molar-refractivity contribution in [2.24, 2.45) is 10.7 Å². The van der Waals surface area contributed by atoms with Crippen LogP contribution in [-0.2, 0) is 12.1 Å². The largest absolute Gasteiger partial charge is 0.379 e. The Morgan fingerprint density at radius 3 is 2.76 bits per heavy atom. The molecule has 1 atom stereocenters. The summed E-state index contributed by atoms with van der Waals surface area (Å²) in [5.74, 6) is 0.430. The van der Waals surface area contributed by atoms with Gasteiger partial charge in [0.05, 0.1) is 5.54 Å². The Balaban J connectivity index is 1.67. The highest BCUT2D eigenvalue weighted by atomic mass is 32.2. The van der Waals surface area contributed by atoms with Gasteiger partial charge < -0.3 is 11.1 Å². The van der Waals surface area contributed by atoms with Crippen molar-refractivity contribution in [3.63, 3.8) is 0 Å². The van der Waals surface area contributed by atoms with E-state index in [2.05, 4.69) is 17.2 Å². The quantitative estimate of drug-likeness (QED) is 0.881. The van der Waals surface area contributed by atoms with E-state index in [4.69, 9.17) is 5.73 Å². The number of amides is 1. The van der Waals surface area contributed by atoms with Crippen LogP contribution in [0.1, 0.15) is 34.8 Å². The van der Waals surface area contributed by atoms with Crippen LogP contribution in [0.2, 0.25) is 0 Å². The predicted molar refractivity (Wildman–Crippen MR) is 100 cm³/mol. The highest BCUT2D eigenvalue weighted by Gasteiger charge is 2.29. The Morgan fingerprint density at radius 1 is 1.32 bits per heavy atom.